The number of hydrogen-bond donors (Lipinski definition) is 1. The highest BCUT2D eigenvalue weighted by Crippen LogP contribution is 2.27. The molecule has 0 aromatic heterocycles. The largest absolute Gasteiger partial charge is 0.487 e. The Hall–Kier alpha value is -1.70. The molecule has 0 atom stereocenters. The standard InChI is InChI=1S/C13H10ClF2NO3S/c14-12-6-11(21(17,18)19)1-2-13(12)20-7-8-3-9(15)5-10(16)4-8/h1-6H,7H2,(H2,17,18,19). The topological polar surface area (TPSA) is 69.4 Å². The van der Waals surface area contributed by atoms with E-state index in [-0.39, 0.29) is 27.8 Å². The molecule has 2 N–H and O–H groups in total. The summed E-state index contributed by atoms with van der Waals surface area (Å²) < 4.78 is 53.6. The lowest BCUT2D eigenvalue weighted by Crippen LogP contribution is -2.12. The number of hydrogen-bond acceptors (Lipinski definition) is 3. The van der Waals surface area contributed by atoms with E-state index in [1.165, 1.54) is 12.1 Å². The zero-order chi connectivity index (χ0) is 15.6. The minimum atomic E-state index is -3.86. The van der Waals surface area contributed by atoms with Gasteiger partial charge in [-0.3, -0.25) is 0 Å². The minimum absolute atomic E-state index is 0.0263. The van der Waals surface area contributed by atoms with Crippen molar-refractivity contribution >= 4 is 21.6 Å². The molecule has 0 unspecified atom stereocenters. The molecule has 0 aliphatic rings. The fraction of sp³-hybridized carbons (Fsp3) is 0.0769. The van der Waals surface area contributed by atoms with Gasteiger partial charge in [0.1, 0.15) is 24.0 Å². The van der Waals surface area contributed by atoms with Crippen LogP contribution in [0.2, 0.25) is 5.02 Å². The summed E-state index contributed by atoms with van der Waals surface area (Å²) in [6.07, 6.45) is 0. The fourth-order valence-corrected chi connectivity index (χ4v) is 2.47. The van der Waals surface area contributed by atoms with Crippen molar-refractivity contribution < 1.29 is 21.9 Å². The minimum Gasteiger partial charge on any atom is -0.487 e. The normalized spacial score (nSPS) is 11.4. The van der Waals surface area contributed by atoms with Crippen LogP contribution in [0.25, 0.3) is 0 Å². The summed E-state index contributed by atoms with van der Waals surface area (Å²) in [7, 11) is -3.86. The molecule has 0 saturated heterocycles. The smallest absolute Gasteiger partial charge is 0.238 e. The summed E-state index contributed by atoms with van der Waals surface area (Å²) in [5.74, 6) is -1.26. The van der Waals surface area contributed by atoms with Crippen LogP contribution >= 0.6 is 11.6 Å². The van der Waals surface area contributed by atoms with Crippen LogP contribution in [-0.4, -0.2) is 8.42 Å². The lowest BCUT2D eigenvalue weighted by atomic mass is 10.2. The third-order valence-electron chi connectivity index (χ3n) is 2.55. The molecule has 0 radical (unpaired) electrons. The van der Waals surface area contributed by atoms with Crippen LogP contribution in [0.3, 0.4) is 0 Å². The van der Waals surface area contributed by atoms with E-state index in [0.29, 0.717) is 0 Å². The molecule has 8 heteroatoms. The van der Waals surface area contributed by atoms with Gasteiger partial charge in [0.15, 0.2) is 0 Å². The Labute approximate surface area is 125 Å². The molecule has 0 bridgehead atoms. The van der Waals surface area contributed by atoms with Crippen molar-refractivity contribution in [3.05, 3.63) is 58.6 Å². The van der Waals surface area contributed by atoms with Crippen molar-refractivity contribution in [3.8, 4) is 5.75 Å². The van der Waals surface area contributed by atoms with Gasteiger partial charge in [0.25, 0.3) is 0 Å². The second-order valence-corrected chi connectivity index (χ2v) is 6.17. The number of halogens is 3. The van der Waals surface area contributed by atoms with Gasteiger partial charge in [-0.1, -0.05) is 11.6 Å². The first-order chi connectivity index (χ1) is 9.75. The average molecular weight is 334 g/mol. The molecule has 21 heavy (non-hydrogen) atoms. The van der Waals surface area contributed by atoms with Crippen LogP contribution < -0.4 is 9.88 Å². The summed E-state index contributed by atoms with van der Waals surface area (Å²) in [5.41, 5.74) is 0.277. The van der Waals surface area contributed by atoms with Gasteiger partial charge in [-0.05, 0) is 35.9 Å². The zero-order valence-electron chi connectivity index (χ0n) is 10.5. The Bertz CT molecular complexity index is 761. The molecule has 2 aromatic carbocycles. The van der Waals surface area contributed by atoms with E-state index in [2.05, 4.69) is 0 Å². The van der Waals surface area contributed by atoms with Crippen LogP contribution in [0.5, 0.6) is 5.75 Å². The van der Waals surface area contributed by atoms with Gasteiger partial charge in [-0.2, -0.15) is 0 Å². The number of ether oxygens (including phenoxy) is 1. The first-order valence-electron chi connectivity index (χ1n) is 5.66. The predicted octanol–water partition coefficient (Wildman–Crippen LogP) is 2.84. The average Bonchev–Trinajstić information content (AvgIpc) is 2.35. The highest BCUT2D eigenvalue weighted by Gasteiger charge is 2.11. The molecule has 2 rings (SSSR count). The van der Waals surface area contributed by atoms with Gasteiger partial charge in [-0.15, -0.1) is 0 Å². The highest BCUT2D eigenvalue weighted by atomic mass is 35.5. The van der Waals surface area contributed by atoms with E-state index in [1.54, 1.807) is 0 Å². The van der Waals surface area contributed by atoms with Gasteiger partial charge in [-0.25, -0.2) is 22.3 Å². The van der Waals surface area contributed by atoms with Crippen molar-refractivity contribution in [2.75, 3.05) is 0 Å². The summed E-state index contributed by atoms with van der Waals surface area (Å²) in [5, 5.41) is 4.99. The van der Waals surface area contributed by atoms with Crippen LogP contribution in [-0.2, 0) is 16.6 Å². The second-order valence-electron chi connectivity index (χ2n) is 4.20. The lowest BCUT2D eigenvalue weighted by molar-refractivity contribution is 0.305. The van der Waals surface area contributed by atoms with Crippen LogP contribution in [0.15, 0.2) is 41.3 Å². The summed E-state index contributed by atoms with van der Waals surface area (Å²) >= 11 is 5.87. The Balaban J connectivity index is 2.17. The second kappa shape index (κ2) is 5.97. The van der Waals surface area contributed by atoms with E-state index in [9.17, 15) is 17.2 Å². The third-order valence-corrected chi connectivity index (χ3v) is 3.75. The number of sulfonamides is 1. The summed E-state index contributed by atoms with van der Waals surface area (Å²) in [4.78, 5) is -0.156. The van der Waals surface area contributed by atoms with E-state index in [1.807, 2.05) is 0 Å². The Morgan fingerprint density at radius 3 is 2.24 bits per heavy atom. The van der Waals surface area contributed by atoms with Crippen molar-refractivity contribution in [2.24, 2.45) is 5.14 Å². The van der Waals surface area contributed by atoms with Crippen molar-refractivity contribution in [1.82, 2.24) is 0 Å². The maximum atomic E-state index is 13.0. The number of benzene rings is 2. The number of primary sulfonamides is 1. The van der Waals surface area contributed by atoms with Gasteiger partial charge >= 0.3 is 0 Å². The fourth-order valence-electron chi connectivity index (χ4n) is 1.63. The molecule has 0 heterocycles. The highest BCUT2D eigenvalue weighted by molar-refractivity contribution is 7.89. The first-order valence-corrected chi connectivity index (χ1v) is 7.58. The van der Waals surface area contributed by atoms with Gasteiger partial charge in [0.2, 0.25) is 10.0 Å². The predicted molar refractivity (Wildman–Crippen MR) is 73.5 cm³/mol. The van der Waals surface area contributed by atoms with Gasteiger partial charge in [0, 0.05) is 6.07 Å². The molecule has 0 aliphatic heterocycles. The molecular formula is C13H10ClF2NO3S. The Morgan fingerprint density at radius 2 is 1.71 bits per heavy atom. The summed E-state index contributed by atoms with van der Waals surface area (Å²) in [6.45, 7) is -0.122. The number of nitrogens with two attached hydrogens (primary N) is 1. The molecule has 0 fully saturated rings. The zero-order valence-corrected chi connectivity index (χ0v) is 12.1. The SMILES string of the molecule is NS(=O)(=O)c1ccc(OCc2cc(F)cc(F)c2)c(Cl)c1. The molecule has 0 amide bonds. The quantitative estimate of drug-likeness (QED) is 0.935. The Kier molecular flexibility index (Phi) is 4.46. The van der Waals surface area contributed by atoms with Gasteiger partial charge in [0.05, 0.1) is 9.92 Å². The third kappa shape index (κ3) is 4.13. The van der Waals surface area contributed by atoms with E-state index in [0.717, 1.165) is 24.3 Å². The maximum Gasteiger partial charge on any atom is 0.238 e. The molecule has 0 saturated carbocycles. The molecule has 0 spiro atoms. The van der Waals surface area contributed by atoms with E-state index >= 15 is 0 Å². The van der Waals surface area contributed by atoms with E-state index in [4.69, 9.17) is 21.5 Å². The first kappa shape index (κ1) is 15.7. The van der Waals surface area contributed by atoms with E-state index < -0.39 is 21.7 Å². The number of rotatable bonds is 4. The van der Waals surface area contributed by atoms with Crippen molar-refractivity contribution in [3.63, 3.8) is 0 Å². The summed E-state index contributed by atoms with van der Waals surface area (Å²) in [6, 6.07) is 6.67. The molecule has 0 aliphatic carbocycles. The van der Waals surface area contributed by atoms with Crippen molar-refractivity contribution in [2.45, 2.75) is 11.5 Å². The lowest BCUT2D eigenvalue weighted by Gasteiger charge is -2.09. The maximum absolute atomic E-state index is 13.0. The van der Waals surface area contributed by atoms with Crippen LogP contribution in [0.1, 0.15) is 5.56 Å². The molecular weight excluding hydrogens is 324 g/mol. The molecule has 2 aromatic rings. The van der Waals surface area contributed by atoms with Crippen molar-refractivity contribution in [1.29, 1.82) is 0 Å². The van der Waals surface area contributed by atoms with Gasteiger partial charge < -0.3 is 4.74 Å². The Morgan fingerprint density at radius 1 is 1.10 bits per heavy atom. The van der Waals surface area contributed by atoms with Crippen LogP contribution in [0, 0.1) is 11.6 Å². The molecule has 112 valence electrons. The molecule has 4 nitrogen and oxygen atoms in total. The monoisotopic (exact) mass is 333 g/mol. The van der Waals surface area contributed by atoms with Crippen LogP contribution in [0.4, 0.5) is 8.78 Å².